The molecule has 1 unspecified atom stereocenters. The Hall–Kier alpha value is -0.650. The van der Waals surface area contributed by atoms with E-state index in [0.717, 1.165) is 25.2 Å². The van der Waals surface area contributed by atoms with Gasteiger partial charge in [0.05, 0.1) is 5.69 Å². The highest BCUT2D eigenvalue weighted by Crippen LogP contribution is 2.19. The number of thiazole rings is 1. The molecule has 0 saturated carbocycles. The maximum Gasteiger partial charge on any atom is 0.180 e. The van der Waals surface area contributed by atoms with Crippen molar-refractivity contribution in [2.24, 2.45) is 0 Å². The molecule has 0 aromatic carbocycles. The van der Waals surface area contributed by atoms with E-state index in [1.807, 2.05) is 5.38 Å². The van der Waals surface area contributed by atoms with Gasteiger partial charge in [-0.15, -0.1) is 11.3 Å². The lowest BCUT2D eigenvalue weighted by Gasteiger charge is -2.13. The molecule has 0 aliphatic rings. The number of nitrogens with one attached hydrogen (secondary N) is 1. The van der Waals surface area contributed by atoms with Crippen LogP contribution in [0, 0.1) is 0 Å². The fourth-order valence-corrected chi connectivity index (χ4v) is 1.77. The molecule has 0 fully saturated rings. The first kappa shape index (κ1) is 11.4. The largest absolute Gasteiger partial charge is 0.375 e. The third kappa shape index (κ3) is 3.25. The van der Waals surface area contributed by atoms with Crippen LogP contribution < -0.4 is 11.1 Å². The van der Waals surface area contributed by atoms with Crippen LogP contribution in [0.4, 0.5) is 5.13 Å². The van der Waals surface area contributed by atoms with Gasteiger partial charge in [-0.05, 0) is 13.0 Å². The SMILES string of the molecule is CCCNCC(OC)c1csc(N)n1. The standard InChI is InChI=1S/C9H17N3OS/c1-3-4-11-5-8(13-2)7-6-14-9(10)12-7/h6,8,11H,3-5H2,1-2H3,(H2,10,12). The molecule has 0 aliphatic heterocycles. The first-order chi connectivity index (χ1) is 6.77. The van der Waals surface area contributed by atoms with Gasteiger partial charge in [0.2, 0.25) is 0 Å². The molecule has 3 N–H and O–H groups in total. The van der Waals surface area contributed by atoms with Gasteiger partial charge in [0, 0.05) is 19.0 Å². The number of ether oxygens (including phenoxy) is 1. The Kier molecular flexibility index (Phi) is 4.86. The summed E-state index contributed by atoms with van der Waals surface area (Å²) in [6.45, 7) is 3.92. The normalized spacial score (nSPS) is 13.0. The van der Waals surface area contributed by atoms with Crippen molar-refractivity contribution in [1.82, 2.24) is 10.3 Å². The molecule has 0 saturated heterocycles. The second-order valence-corrected chi connectivity index (χ2v) is 3.93. The number of rotatable bonds is 6. The smallest absolute Gasteiger partial charge is 0.180 e. The Bertz CT molecular complexity index is 264. The number of hydrogen-bond acceptors (Lipinski definition) is 5. The third-order valence-corrected chi connectivity index (χ3v) is 2.60. The van der Waals surface area contributed by atoms with Crippen LogP contribution in [0.5, 0.6) is 0 Å². The molecular weight excluding hydrogens is 198 g/mol. The van der Waals surface area contributed by atoms with Crippen LogP contribution in [0.25, 0.3) is 0 Å². The number of aromatic nitrogens is 1. The zero-order valence-corrected chi connectivity index (χ0v) is 9.43. The van der Waals surface area contributed by atoms with Crippen LogP contribution >= 0.6 is 11.3 Å². The minimum absolute atomic E-state index is 0.00935. The van der Waals surface area contributed by atoms with Crippen molar-refractivity contribution in [2.75, 3.05) is 25.9 Å². The predicted octanol–water partition coefficient (Wildman–Crippen LogP) is 1.41. The molecule has 0 radical (unpaired) electrons. The monoisotopic (exact) mass is 215 g/mol. The molecule has 1 heterocycles. The van der Waals surface area contributed by atoms with Crippen molar-refractivity contribution in [2.45, 2.75) is 19.4 Å². The third-order valence-electron chi connectivity index (χ3n) is 1.91. The molecule has 80 valence electrons. The first-order valence-corrected chi connectivity index (χ1v) is 5.60. The zero-order chi connectivity index (χ0) is 10.4. The summed E-state index contributed by atoms with van der Waals surface area (Å²) in [5.74, 6) is 0. The molecule has 1 aromatic heterocycles. The van der Waals surface area contributed by atoms with Crippen LogP contribution in [0.1, 0.15) is 25.1 Å². The molecule has 14 heavy (non-hydrogen) atoms. The van der Waals surface area contributed by atoms with E-state index < -0.39 is 0 Å². The van der Waals surface area contributed by atoms with Gasteiger partial charge in [-0.25, -0.2) is 4.98 Å². The van der Waals surface area contributed by atoms with Gasteiger partial charge in [0.1, 0.15) is 6.10 Å². The van der Waals surface area contributed by atoms with Gasteiger partial charge in [-0.1, -0.05) is 6.92 Å². The minimum Gasteiger partial charge on any atom is -0.375 e. The van der Waals surface area contributed by atoms with Crippen LogP contribution in [0.2, 0.25) is 0 Å². The van der Waals surface area contributed by atoms with E-state index in [1.54, 1.807) is 7.11 Å². The van der Waals surface area contributed by atoms with E-state index in [1.165, 1.54) is 11.3 Å². The van der Waals surface area contributed by atoms with E-state index in [2.05, 4.69) is 17.2 Å². The highest BCUT2D eigenvalue weighted by Gasteiger charge is 2.12. The highest BCUT2D eigenvalue weighted by molar-refractivity contribution is 7.13. The fraction of sp³-hybridized carbons (Fsp3) is 0.667. The second kappa shape index (κ2) is 5.95. The maximum absolute atomic E-state index is 5.56. The van der Waals surface area contributed by atoms with Gasteiger partial charge in [0.25, 0.3) is 0 Å². The predicted molar refractivity (Wildman–Crippen MR) is 59.4 cm³/mol. The maximum atomic E-state index is 5.56. The summed E-state index contributed by atoms with van der Waals surface area (Å²) in [6.07, 6.45) is 1.13. The Labute approximate surface area is 88.5 Å². The lowest BCUT2D eigenvalue weighted by atomic mass is 10.3. The number of methoxy groups -OCH3 is 1. The molecule has 0 spiro atoms. The molecule has 0 amide bonds. The zero-order valence-electron chi connectivity index (χ0n) is 8.62. The molecule has 1 rings (SSSR count). The second-order valence-electron chi connectivity index (χ2n) is 3.04. The highest BCUT2D eigenvalue weighted by atomic mass is 32.1. The van der Waals surface area contributed by atoms with E-state index in [4.69, 9.17) is 10.5 Å². The molecule has 5 heteroatoms. The van der Waals surface area contributed by atoms with Crippen molar-refractivity contribution in [3.8, 4) is 0 Å². The van der Waals surface area contributed by atoms with Crippen molar-refractivity contribution in [1.29, 1.82) is 0 Å². The lowest BCUT2D eigenvalue weighted by Crippen LogP contribution is -2.23. The average Bonchev–Trinajstić information content (AvgIpc) is 2.60. The Morgan fingerprint density at radius 1 is 1.71 bits per heavy atom. The molecule has 0 aliphatic carbocycles. The number of nitrogen functional groups attached to an aromatic ring is 1. The summed E-state index contributed by atoms with van der Waals surface area (Å²) in [4.78, 5) is 4.19. The summed E-state index contributed by atoms with van der Waals surface area (Å²) >= 11 is 1.45. The Balaban J connectivity index is 2.45. The van der Waals surface area contributed by atoms with Gasteiger partial charge < -0.3 is 15.8 Å². The number of hydrogen-bond donors (Lipinski definition) is 2. The quantitative estimate of drug-likeness (QED) is 0.704. The van der Waals surface area contributed by atoms with Gasteiger partial charge >= 0.3 is 0 Å². The summed E-state index contributed by atoms with van der Waals surface area (Å²) in [7, 11) is 1.69. The molecule has 4 nitrogen and oxygen atoms in total. The molecule has 0 bridgehead atoms. The van der Waals surface area contributed by atoms with E-state index in [0.29, 0.717) is 5.13 Å². The summed E-state index contributed by atoms with van der Waals surface area (Å²) in [6, 6.07) is 0. The van der Waals surface area contributed by atoms with Crippen molar-refractivity contribution in [3.63, 3.8) is 0 Å². The number of nitrogens with two attached hydrogens (primary N) is 1. The van der Waals surface area contributed by atoms with Crippen LogP contribution in [0.15, 0.2) is 5.38 Å². The van der Waals surface area contributed by atoms with E-state index in [-0.39, 0.29) is 6.10 Å². The molecule has 1 aromatic rings. The average molecular weight is 215 g/mol. The van der Waals surface area contributed by atoms with Crippen LogP contribution in [0.3, 0.4) is 0 Å². The van der Waals surface area contributed by atoms with Crippen molar-refractivity contribution >= 4 is 16.5 Å². The Morgan fingerprint density at radius 2 is 2.50 bits per heavy atom. The van der Waals surface area contributed by atoms with Crippen molar-refractivity contribution in [3.05, 3.63) is 11.1 Å². The lowest BCUT2D eigenvalue weighted by molar-refractivity contribution is 0.0995. The minimum atomic E-state index is 0.00935. The van der Waals surface area contributed by atoms with Crippen molar-refractivity contribution < 1.29 is 4.74 Å². The summed E-state index contributed by atoms with van der Waals surface area (Å²) in [5.41, 5.74) is 6.47. The fourth-order valence-electron chi connectivity index (χ4n) is 1.17. The van der Waals surface area contributed by atoms with Gasteiger partial charge in [-0.3, -0.25) is 0 Å². The first-order valence-electron chi connectivity index (χ1n) is 4.72. The summed E-state index contributed by atoms with van der Waals surface area (Å²) in [5, 5.41) is 5.83. The molecule has 1 atom stereocenters. The van der Waals surface area contributed by atoms with E-state index >= 15 is 0 Å². The van der Waals surface area contributed by atoms with Crippen LogP contribution in [-0.2, 0) is 4.74 Å². The summed E-state index contributed by atoms with van der Waals surface area (Å²) < 4.78 is 5.32. The Morgan fingerprint density at radius 3 is 3.00 bits per heavy atom. The number of nitrogens with zero attached hydrogens (tertiary/aromatic N) is 1. The van der Waals surface area contributed by atoms with Gasteiger partial charge in [-0.2, -0.15) is 0 Å². The van der Waals surface area contributed by atoms with Crippen LogP contribution in [-0.4, -0.2) is 25.2 Å². The number of anilines is 1. The topological polar surface area (TPSA) is 60.2 Å². The van der Waals surface area contributed by atoms with Gasteiger partial charge in [0.15, 0.2) is 5.13 Å². The van der Waals surface area contributed by atoms with E-state index in [9.17, 15) is 0 Å². The molecular formula is C9H17N3OS.